The Hall–Kier alpha value is -2.38. The van der Waals surface area contributed by atoms with Gasteiger partial charge in [-0.1, -0.05) is 41.9 Å². The van der Waals surface area contributed by atoms with E-state index in [2.05, 4.69) is 10.4 Å². The highest BCUT2D eigenvalue weighted by Gasteiger charge is 2.22. The van der Waals surface area contributed by atoms with Gasteiger partial charge in [0.05, 0.1) is 12.2 Å². The molecule has 8 heteroatoms. The van der Waals surface area contributed by atoms with Gasteiger partial charge in [0, 0.05) is 20.3 Å². The molecule has 0 radical (unpaired) electrons. The van der Waals surface area contributed by atoms with Gasteiger partial charge in [-0.05, 0) is 18.9 Å². The summed E-state index contributed by atoms with van der Waals surface area (Å²) in [6.07, 6.45) is 0.688. The largest absolute Gasteiger partial charge is 0.452 e. The summed E-state index contributed by atoms with van der Waals surface area (Å²) in [6, 6.07) is 9.64. The Labute approximate surface area is 157 Å². The van der Waals surface area contributed by atoms with Gasteiger partial charge in [-0.2, -0.15) is 5.10 Å². The maximum atomic E-state index is 12.3. The van der Waals surface area contributed by atoms with Crippen molar-refractivity contribution in [2.75, 3.05) is 26.9 Å². The van der Waals surface area contributed by atoms with Crippen molar-refractivity contribution >= 4 is 23.5 Å². The number of benzene rings is 1. The molecule has 140 valence electrons. The topological polar surface area (TPSA) is 82.4 Å². The van der Waals surface area contributed by atoms with Gasteiger partial charge >= 0.3 is 5.97 Å². The fourth-order valence-corrected chi connectivity index (χ4v) is 2.66. The molecule has 0 fully saturated rings. The molecule has 0 bridgehead atoms. The number of nitrogens with zero attached hydrogens (tertiary/aromatic N) is 2. The van der Waals surface area contributed by atoms with Crippen LogP contribution in [0.25, 0.3) is 0 Å². The number of aromatic nitrogens is 2. The van der Waals surface area contributed by atoms with Gasteiger partial charge < -0.3 is 14.8 Å². The molecule has 0 aliphatic rings. The highest BCUT2D eigenvalue weighted by atomic mass is 35.5. The van der Waals surface area contributed by atoms with Crippen molar-refractivity contribution in [1.82, 2.24) is 15.1 Å². The average molecular weight is 380 g/mol. The maximum absolute atomic E-state index is 12.3. The predicted molar refractivity (Wildman–Crippen MR) is 97.3 cm³/mol. The second-order valence-electron chi connectivity index (χ2n) is 5.67. The second kappa shape index (κ2) is 9.94. The number of ether oxygens (including phenoxy) is 2. The number of hydrogen-bond donors (Lipinski definition) is 1. The van der Waals surface area contributed by atoms with Crippen LogP contribution in [0, 0.1) is 6.92 Å². The normalized spacial score (nSPS) is 10.6. The van der Waals surface area contributed by atoms with Crippen LogP contribution in [-0.2, 0) is 20.8 Å². The average Bonchev–Trinajstić information content (AvgIpc) is 2.91. The lowest BCUT2D eigenvalue weighted by Gasteiger charge is -2.07. The van der Waals surface area contributed by atoms with Crippen molar-refractivity contribution in [3.8, 4) is 0 Å². The summed E-state index contributed by atoms with van der Waals surface area (Å²) in [6.45, 7) is 2.75. The third-order valence-corrected chi connectivity index (χ3v) is 4.01. The van der Waals surface area contributed by atoms with E-state index in [1.807, 2.05) is 30.3 Å². The van der Waals surface area contributed by atoms with Crippen LogP contribution in [-0.4, -0.2) is 48.5 Å². The molecule has 7 nitrogen and oxygen atoms in total. The molecule has 2 aromatic rings. The quantitative estimate of drug-likeness (QED) is 0.533. The molecule has 0 aliphatic heterocycles. The molecular weight excluding hydrogens is 358 g/mol. The number of methoxy groups -OCH3 is 1. The lowest BCUT2D eigenvalue weighted by atomic mass is 10.2. The van der Waals surface area contributed by atoms with E-state index in [9.17, 15) is 9.59 Å². The zero-order valence-electron chi connectivity index (χ0n) is 14.8. The first-order valence-corrected chi connectivity index (χ1v) is 8.60. The SMILES string of the molecule is COCCCNC(=O)COC(=O)c1c(C)nn(Cc2ccccc2)c1Cl. The first-order chi connectivity index (χ1) is 12.5. The summed E-state index contributed by atoms with van der Waals surface area (Å²) < 4.78 is 11.5. The number of carbonyl (C=O) groups is 2. The van der Waals surface area contributed by atoms with Gasteiger partial charge in [0.15, 0.2) is 6.61 Å². The monoisotopic (exact) mass is 379 g/mol. The molecule has 0 saturated carbocycles. The predicted octanol–water partition coefficient (Wildman–Crippen LogP) is 2.20. The van der Waals surface area contributed by atoms with E-state index >= 15 is 0 Å². The van der Waals surface area contributed by atoms with Crippen LogP contribution >= 0.6 is 11.6 Å². The number of nitrogens with one attached hydrogen (secondary N) is 1. The number of halogens is 1. The van der Waals surface area contributed by atoms with E-state index in [1.54, 1.807) is 14.0 Å². The summed E-state index contributed by atoms with van der Waals surface area (Å²) in [5, 5.41) is 7.13. The summed E-state index contributed by atoms with van der Waals surface area (Å²) >= 11 is 6.29. The molecule has 0 aliphatic carbocycles. The second-order valence-corrected chi connectivity index (χ2v) is 6.02. The van der Waals surface area contributed by atoms with Gasteiger partial charge in [-0.15, -0.1) is 0 Å². The summed E-state index contributed by atoms with van der Waals surface area (Å²) in [5.41, 5.74) is 1.64. The smallest absolute Gasteiger partial charge is 0.343 e. The molecule has 1 aromatic carbocycles. The van der Waals surface area contributed by atoms with Gasteiger partial charge in [-0.3, -0.25) is 4.79 Å². The van der Waals surface area contributed by atoms with Crippen molar-refractivity contribution in [1.29, 1.82) is 0 Å². The van der Waals surface area contributed by atoms with E-state index in [0.29, 0.717) is 31.8 Å². The van der Waals surface area contributed by atoms with Crippen LogP contribution in [0.1, 0.15) is 28.0 Å². The van der Waals surface area contributed by atoms with Crippen LogP contribution in [0.2, 0.25) is 5.15 Å². The number of amides is 1. The Bertz CT molecular complexity index is 746. The minimum Gasteiger partial charge on any atom is -0.452 e. The number of aryl methyl sites for hydroxylation is 1. The van der Waals surface area contributed by atoms with Crippen LogP contribution in [0.3, 0.4) is 0 Å². The van der Waals surface area contributed by atoms with Gasteiger partial charge in [0.25, 0.3) is 5.91 Å². The van der Waals surface area contributed by atoms with Gasteiger partial charge in [-0.25, -0.2) is 9.48 Å². The molecular formula is C18H22ClN3O4. The number of esters is 1. The number of carbonyl (C=O) groups excluding carboxylic acids is 2. The van der Waals surface area contributed by atoms with Crippen molar-refractivity contribution < 1.29 is 19.1 Å². The molecule has 0 atom stereocenters. The Balaban J connectivity index is 1.93. The minimum absolute atomic E-state index is 0.176. The fourth-order valence-electron chi connectivity index (χ4n) is 2.34. The summed E-state index contributed by atoms with van der Waals surface area (Å²) in [4.78, 5) is 23.9. The Morgan fingerprint density at radius 3 is 2.69 bits per heavy atom. The molecule has 2 rings (SSSR count). The highest BCUT2D eigenvalue weighted by Crippen LogP contribution is 2.21. The van der Waals surface area contributed by atoms with E-state index < -0.39 is 5.97 Å². The lowest BCUT2D eigenvalue weighted by molar-refractivity contribution is -0.124. The van der Waals surface area contributed by atoms with Gasteiger partial charge in [0.1, 0.15) is 10.7 Å². The minimum atomic E-state index is -0.668. The first kappa shape index (κ1) is 19.9. The third kappa shape index (κ3) is 5.57. The summed E-state index contributed by atoms with van der Waals surface area (Å²) in [5.74, 6) is -1.04. The zero-order chi connectivity index (χ0) is 18.9. The third-order valence-electron chi connectivity index (χ3n) is 3.63. The van der Waals surface area contributed by atoms with Crippen LogP contribution < -0.4 is 5.32 Å². The summed E-state index contributed by atoms with van der Waals surface area (Å²) in [7, 11) is 1.59. The van der Waals surface area contributed by atoms with Crippen LogP contribution in [0.15, 0.2) is 30.3 Å². The molecule has 1 N–H and O–H groups in total. The first-order valence-electron chi connectivity index (χ1n) is 8.22. The highest BCUT2D eigenvalue weighted by molar-refractivity contribution is 6.32. The van der Waals surface area contributed by atoms with Gasteiger partial charge in [0.2, 0.25) is 0 Å². The zero-order valence-corrected chi connectivity index (χ0v) is 15.6. The van der Waals surface area contributed by atoms with E-state index in [-0.39, 0.29) is 23.2 Å². The molecule has 1 heterocycles. The van der Waals surface area contributed by atoms with Crippen LogP contribution in [0.4, 0.5) is 0 Å². The lowest BCUT2D eigenvalue weighted by Crippen LogP contribution is -2.30. The Kier molecular flexibility index (Phi) is 7.62. The van der Waals surface area contributed by atoms with Crippen molar-refractivity contribution in [2.45, 2.75) is 19.9 Å². The fraction of sp³-hybridized carbons (Fsp3) is 0.389. The molecule has 1 aromatic heterocycles. The molecule has 0 spiro atoms. The van der Waals surface area contributed by atoms with Crippen molar-refractivity contribution in [3.05, 3.63) is 52.3 Å². The van der Waals surface area contributed by atoms with E-state index in [4.69, 9.17) is 21.1 Å². The Morgan fingerprint density at radius 1 is 1.27 bits per heavy atom. The number of hydrogen-bond acceptors (Lipinski definition) is 5. The van der Waals surface area contributed by atoms with E-state index in [1.165, 1.54) is 4.68 Å². The standard InChI is InChI=1S/C18H22ClN3O4/c1-13-16(18(24)26-12-15(23)20-9-6-10-25-2)17(19)22(21-13)11-14-7-4-3-5-8-14/h3-5,7-8H,6,9-12H2,1-2H3,(H,20,23). The van der Waals surface area contributed by atoms with Crippen LogP contribution in [0.5, 0.6) is 0 Å². The molecule has 0 unspecified atom stereocenters. The maximum Gasteiger partial charge on any atom is 0.343 e. The number of rotatable bonds is 9. The molecule has 0 saturated heterocycles. The van der Waals surface area contributed by atoms with Crippen molar-refractivity contribution in [2.24, 2.45) is 0 Å². The molecule has 1 amide bonds. The molecule has 26 heavy (non-hydrogen) atoms. The van der Waals surface area contributed by atoms with Crippen molar-refractivity contribution in [3.63, 3.8) is 0 Å². The van der Waals surface area contributed by atoms with E-state index in [0.717, 1.165) is 5.56 Å². The Morgan fingerprint density at radius 2 is 2.00 bits per heavy atom.